The van der Waals surface area contributed by atoms with Crippen LogP contribution in [0.25, 0.3) is 0 Å². The second-order valence-corrected chi connectivity index (χ2v) is 10.4. The minimum atomic E-state index is -1.29. The molecule has 0 radical (unpaired) electrons. The van der Waals surface area contributed by atoms with Crippen molar-refractivity contribution in [2.75, 3.05) is 0 Å². The predicted molar refractivity (Wildman–Crippen MR) is 87.6 cm³/mol. The number of benzene rings is 1. The van der Waals surface area contributed by atoms with Crippen LogP contribution >= 0.6 is 0 Å². The molecule has 0 aliphatic rings. The topological polar surface area (TPSA) is 20.2 Å². The van der Waals surface area contributed by atoms with Crippen LogP contribution in [0.1, 0.15) is 44.4 Å². The Hall–Kier alpha value is -0.420. The molecule has 1 rings (SSSR count). The zero-order valence-electron chi connectivity index (χ0n) is 13.8. The van der Waals surface area contributed by atoms with E-state index in [1.54, 1.807) is 0 Å². The molecule has 3 heteroatoms. The molecule has 0 aliphatic carbocycles. The molecule has 1 aromatic rings. The Morgan fingerprint density at radius 3 is 1.95 bits per heavy atom. The first-order chi connectivity index (χ1) is 8.84. The molecule has 1 aromatic carbocycles. The van der Waals surface area contributed by atoms with Crippen LogP contribution in [0, 0.1) is 17.9 Å². The van der Waals surface area contributed by atoms with Crippen molar-refractivity contribution in [2.24, 2.45) is 0 Å². The van der Waals surface area contributed by atoms with E-state index in [-0.39, 0.29) is 25.6 Å². The minimum absolute atomic E-state index is 0. The maximum atomic E-state index is 9.65. The molecule has 0 unspecified atom stereocenters. The summed E-state index contributed by atoms with van der Waals surface area (Å²) in [6.45, 7) is 12.7. The maximum Gasteiger partial charge on any atom is 0.129 e. The third-order valence-corrected chi connectivity index (χ3v) is 3.14. The maximum absolute atomic E-state index is 9.65. The number of aliphatic hydroxyl groups excluding tert-OH is 1. The summed E-state index contributed by atoms with van der Waals surface area (Å²) in [6.07, 6.45) is 2.40. The van der Waals surface area contributed by atoms with Crippen LogP contribution in [0.4, 0.5) is 0 Å². The predicted octanol–water partition coefficient (Wildman–Crippen LogP) is 4.59. The van der Waals surface area contributed by atoms with Crippen molar-refractivity contribution in [2.45, 2.75) is 52.9 Å². The summed E-state index contributed by atoms with van der Waals surface area (Å²) < 4.78 is 0. The molecule has 0 amide bonds. The molecule has 0 spiro atoms. The molecule has 0 aromatic heterocycles. The van der Waals surface area contributed by atoms with Gasteiger partial charge in [-0.25, -0.2) is 0 Å². The first-order valence-electron chi connectivity index (χ1n) is 6.89. The van der Waals surface area contributed by atoms with Gasteiger partial charge in [-0.15, -0.1) is 5.54 Å². The van der Waals surface area contributed by atoms with E-state index in [2.05, 4.69) is 31.1 Å². The van der Waals surface area contributed by atoms with Gasteiger partial charge in [-0.3, -0.25) is 0 Å². The van der Waals surface area contributed by atoms with E-state index < -0.39 is 8.07 Å². The van der Waals surface area contributed by atoms with Crippen molar-refractivity contribution >= 4 is 8.07 Å². The molecule has 1 N–H and O–H groups in total. The quantitative estimate of drug-likeness (QED) is 0.474. The molecular formula is C17H27OSiZn-. The summed E-state index contributed by atoms with van der Waals surface area (Å²) in [5, 5.41) is 9.65. The monoisotopic (exact) mass is 339 g/mol. The molecule has 108 valence electrons. The van der Waals surface area contributed by atoms with Gasteiger partial charge in [-0.1, -0.05) is 44.6 Å². The van der Waals surface area contributed by atoms with E-state index >= 15 is 0 Å². The smallest absolute Gasteiger partial charge is 0.129 e. The molecular weight excluding hydrogens is 314 g/mol. The molecule has 1 atom stereocenters. The van der Waals surface area contributed by atoms with Crippen LogP contribution in [0.5, 0.6) is 0 Å². The summed E-state index contributed by atoms with van der Waals surface area (Å²) in [5.74, 6) is 3.20. The van der Waals surface area contributed by atoms with Gasteiger partial charge in [0.25, 0.3) is 0 Å². The van der Waals surface area contributed by atoms with E-state index in [4.69, 9.17) is 0 Å². The van der Waals surface area contributed by atoms with Gasteiger partial charge in [0.2, 0.25) is 0 Å². The normalized spacial score (nSPS) is 11.2. The van der Waals surface area contributed by atoms with Crippen molar-refractivity contribution in [3.63, 3.8) is 0 Å². The number of rotatable bonds is 2. The summed E-state index contributed by atoms with van der Waals surface area (Å²) >= 11 is 0. The fraction of sp³-hybridized carbons (Fsp3) is 0.471. The number of hydrogen-bond donors (Lipinski definition) is 1. The molecule has 0 bridgehead atoms. The number of aliphatic hydroxyl groups is 1. The van der Waals surface area contributed by atoms with Crippen LogP contribution < -0.4 is 0 Å². The Bertz CT molecular complexity index is 409. The summed E-state index contributed by atoms with van der Waals surface area (Å²) in [7, 11) is -1.29. The van der Waals surface area contributed by atoms with Gasteiger partial charge in [0.1, 0.15) is 8.07 Å². The fourth-order valence-corrected chi connectivity index (χ4v) is 1.80. The summed E-state index contributed by atoms with van der Waals surface area (Å²) in [4.78, 5) is 0. The molecule has 1 nitrogen and oxygen atoms in total. The molecule has 0 heterocycles. The third kappa shape index (κ3) is 10.4. The van der Waals surface area contributed by atoms with Gasteiger partial charge in [-0.05, 0) is 24.1 Å². The average Bonchev–Trinajstić information content (AvgIpc) is 2.36. The van der Waals surface area contributed by atoms with Gasteiger partial charge in [0, 0.05) is 25.0 Å². The van der Waals surface area contributed by atoms with Crippen molar-refractivity contribution < 1.29 is 24.6 Å². The van der Waals surface area contributed by atoms with Gasteiger partial charge < -0.3 is 11.5 Å². The van der Waals surface area contributed by atoms with Gasteiger partial charge >= 0.3 is 0 Å². The van der Waals surface area contributed by atoms with Gasteiger partial charge in [0.15, 0.2) is 0 Å². The second-order valence-electron chi connectivity index (χ2n) is 5.62. The van der Waals surface area contributed by atoms with Crippen molar-refractivity contribution in [3.05, 3.63) is 41.8 Å². The van der Waals surface area contributed by atoms with E-state index in [0.29, 0.717) is 0 Å². The zero-order chi connectivity index (χ0) is 14.9. The van der Waals surface area contributed by atoms with Crippen LogP contribution in [0.2, 0.25) is 19.6 Å². The average molecular weight is 341 g/mol. The molecule has 0 aliphatic heterocycles. The van der Waals surface area contributed by atoms with Crippen LogP contribution in [-0.2, 0) is 19.5 Å². The van der Waals surface area contributed by atoms with Crippen LogP contribution in [0.15, 0.2) is 24.3 Å². The molecule has 20 heavy (non-hydrogen) atoms. The molecule has 0 fully saturated rings. The Morgan fingerprint density at radius 2 is 1.60 bits per heavy atom. The Morgan fingerprint density at radius 1 is 1.15 bits per heavy atom. The van der Waals surface area contributed by atoms with Crippen molar-refractivity contribution in [1.29, 1.82) is 0 Å². The number of hydrogen-bond acceptors (Lipinski definition) is 1. The first-order valence-corrected chi connectivity index (χ1v) is 10.4. The largest absolute Gasteiger partial charge is 0.388 e. The van der Waals surface area contributed by atoms with E-state index in [1.165, 1.54) is 0 Å². The third-order valence-electron chi connectivity index (χ3n) is 2.26. The first kappa shape index (κ1) is 21.9. The molecule has 0 saturated carbocycles. The summed E-state index contributed by atoms with van der Waals surface area (Å²) in [5.41, 5.74) is 5.34. The fourth-order valence-electron chi connectivity index (χ4n) is 1.28. The summed E-state index contributed by atoms with van der Waals surface area (Å²) in [6, 6.07) is 7.90. The second kappa shape index (κ2) is 11.3. The Kier molecular flexibility index (Phi) is 12.3. The Balaban J connectivity index is 0. The standard InChI is InChI=1S/C14H20OSi.C3H7.Zn/c1-5-14(15)13-8-6-12(7-9-13)10-11-16(2,3)4;1-3-2;/h6-9,14-15H,5H2,1-4H3;3H,1-2H3;/q;-1;/t14-;;/m0../s1. The van der Waals surface area contributed by atoms with E-state index in [0.717, 1.165) is 17.5 Å². The Labute approximate surface area is 139 Å². The van der Waals surface area contributed by atoms with Crippen LogP contribution in [0.3, 0.4) is 0 Å². The van der Waals surface area contributed by atoms with Crippen LogP contribution in [-0.4, -0.2) is 13.2 Å². The molecule has 0 saturated heterocycles. The van der Waals surface area contributed by atoms with E-state index in [1.807, 2.05) is 51.5 Å². The van der Waals surface area contributed by atoms with Crippen molar-refractivity contribution in [1.82, 2.24) is 0 Å². The van der Waals surface area contributed by atoms with Gasteiger partial charge in [0.05, 0.1) is 6.10 Å². The van der Waals surface area contributed by atoms with Crippen molar-refractivity contribution in [3.8, 4) is 11.5 Å². The minimum Gasteiger partial charge on any atom is -0.388 e. The van der Waals surface area contributed by atoms with Gasteiger partial charge in [-0.2, -0.15) is 13.8 Å². The zero-order valence-corrected chi connectivity index (χ0v) is 17.8. The SMILES string of the molecule is CC[C@H](O)c1ccc(C#C[Si](C)(C)C)cc1.C[CH-]C.[Zn]. The van der Waals surface area contributed by atoms with E-state index in [9.17, 15) is 5.11 Å².